The molecular weight excluding hydrogens is 264 g/mol. The Morgan fingerprint density at radius 1 is 1.35 bits per heavy atom. The van der Waals surface area contributed by atoms with Crippen molar-refractivity contribution in [1.82, 2.24) is 0 Å². The Morgan fingerprint density at radius 2 is 2.00 bits per heavy atom. The topological polar surface area (TPSA) is 9.23 Å². The van der Waals surface area contributed by atoms with E-state index in [1.165, 1.54) is 0 Å². The zero-order valence-corrected chi connectivity index (χ0v) is 10.8. The van der Waals surface area contributed by atoms with Crippen LogP contribution in [0.25, 0.3) is 0 Å². The Hall–Kier alpha value is -0.415. The quantitative estimate of drug-likeness (QED) is 0.644. The van der Waals surface area contributed by atoms with Gasteiger partial charge < -0.3 is 4.74 Å². The number of hydrogen-bond acceptors (Lipinski definition) is 2. The Morgan fingerprint density at radius 3 is 2.59 bits per heavy atom. The van der Waals surface area contributed by atoms with E-state index in [2.05, 4.69) is 19.6 Å². The van der Waals surface area contributed by atoms with Crippen LogP contribution in [-0.4, -0.2) is 26.1 Å². The van der Waals surface area contributed by atoms with Crippen LogP contribution in [-0.2, 0) is 6.42 Å². The highest BCUT2D eigenvalue weighted by Crippen LogP contribution is 2.38. The maximum Gasteiger partial charge on any atom is 0.166 e. The fourth-order valence-electron chi connectivity index (χ4n) is 1.72. The van der Waals surface area contributed by atoms with Crippen molar-refractivity contribution in [2.24, 2.45) is 0 Å². The molecule has 1 aliphatic rings. The lowest BCUT2D eigenvalue weighted by Gasteiger charge is -2.34. The molecule has 0 saturated carbocycles. The van der Waals surface area contributed by atoms with E-state index >= 15 is 0 Å². The second-order valence-electron chi connectivity index (χ2n) is 3.78. The molecule has 0 spiro atoms. The number of hydrogen-bond donors (Lipinski definition) is 1. The molecule has 92 valence electrons. The van der Waals surface area contributed by atoms with Crippen LogP contribution in [0.5, 0.6) is 5.75 Å². The minimum atomic E-state index is -1.32. The van der Waals surface area contributed by atoms with E-state index in [4.69, 9.17) is 16.3 Å². The SMILES string of the molecule is FCC1(CF)CCc2cccc(Cl)c2O1.[B]S. The Bertz CT molecular complexity index is 374. The van der Waals surface area contributed by atoms with Crippen molar-refractivity contribution >= 4 is 31.2 Å². The number of thiol groups is 1. The van der Waals surface area contributed by atoms with Gasteiger partial charge in [-0.05, 0) is 24.5 Å². The van der Waals surface area contributed by atoms with E-state index in [1.54, 1.807) is 6.07 Å². The smallest absolute Gasteiger partial charge is 0.166 e. The van der Waals surface area contributed by atoms with Crippen molar-refractivity contribution in [3.8, 4) is 5.75 Å². The third-order valence-electron chi connectivity index (χ3n) is 2.70. The Balaban J connectivity index is 0.000000686. The van der Waals surface area contributed by atoms with Gasteiger partial charge in [0.2, 0.25) is 0 Å². The maximum absolute atomic E-state index is 12.8. The normalized spacial score (nSPS) is 16.2. The van der Waals surface area contributed by atoms with Crippen LogP contribution < -0.4 is 4.74 Å². The van der Waals surface area contributed by atoms with Crippen LogP contribution in [0.1, 0.15) is 12.0 Å². The Labute approximate surface area is 111 Å². The minimum absolute atomic E-state index is 0.355. The average molecular weight is 277 g/mol. The first kappa shape index (κ1) is 14.6. The molecule has 2 rings (SSSR count). The number of halogens is 3. The number of aryl methyl sites for hydroxylation is 1. The molecule has 17 heavy (non-hydrogen) atoms. The number of rotatable bonds is 2. The van der Waals surface area contributed by atoms with Crippen molar-refractivity contribution in [1.29, 1.82) is 0 Å². The first-order valence-electron chi connectivity index (χ1n) is 5.05. The van der Waals surface area contributed by atoms with E-state index in [0.29, 0.717) is 23.6 Å². The lowest BCUT2D eigenvalue weighted by Crippen LogP contribution is -2.44. The standard InChI is InChI=1S/C11H11ClF2O.BHS/c12-9-3-1-2-8-4-5-11(6-13,7-14)15-10(8)9;1-2/h1-3H,4-7H2;2H. The highest BCUT2D eigenvalue weighted by atomic mass is 35.5. The summed E-state index contributed by atoms with van der Waals surface area (Å²) in [4.78, 5) is 0. The average Bonchev–Trinajstić information content (AvgIpc) is 2.41. The van der Waals surface area contributed by atoms with Crippen molar-refractivity contribution in [2.45, 2.75) is 18.4 Å². The van der Waals surface area contributed by atoms with Gasteiger partial charge in [-0.1, -0.05) is 23.7 Å². The van der Waals surface area contributed by atoms with Crippen LogP contribution >= 0.6 is 24.1 Å². The first-order chi connectivity index (χ1) is 8.21. The van der Waals surface area contributed by atoms with Crippen molar-refractivity contribution in [3.05, 3.63) is 28.8 Å². The predicted molar refractivity (Wildman–Crippen MR) is 69.8 cm³/mol. The predicted octanol–water partition coefficient (Wildman–Crippen LogP) is 3.34. The summed E-state index contributed by atoms with van der Waals surface area (Å²) in [7, 11) is 4.19. The molecule has 1 nitrogen and oxygen atoms in total. The van der Waals surface area contributed by atoms with E-state index in [-0.39, 0.29) is 0 Å². The number of fused-ring (bicyclic) bond motifs is 1. The number of benzene rings is 1. The molecule has 1 aliphatic heterocycles. The molecule has 1 heterocycles. The number of alkyl halides is 2. The second kappa shape index (κ2) is 6.50. The van der Waals surface area contributed by atoms with Crippen LogP contribution in [0.15, 0.2) is 18.2 Å². The van der Waals surface area contributed by atoms with Gasteiger partial charge in [0, 0.05) is 0 Å². The second-order valence-corrected chi connectivity index (χ2v) is 4.19. The molecule has 1 aromatic carbocycles. The molecule has 6 heteroatoms. The molecule has 0 fully saturated rings. The van der Waals surface area contributed by atoms with E-state index in [1.807, 2.05) is 12.1 Å². The van der Waals surface area contributed by atoms with Gasteiger partial charge in [0.05, 0.1) is 5.02 Å². The van der Waals surface area contributed by atoms with Crippen LogP contribution in [0, 0.1) is 0 Å². The fourth-order valence-corrected chi connectivity index (χ4v) is 1.95. The summed E-state index contributed by atoms with van der Waals surface area (Å²) in [5, 5.41) is 0.415. The van der Waals surface area contributed by atoms with Gasteiger partial charge in [-0.2, -0.15) is 0 Å². The number of ether oxygens (including phenoxy) is 1. The largest absolute Gasteiger partial charge is 0.480 e. The zero-order valence-electron chi connectivity index (χ0n) is 9.13. The van der Waals surface area contributed by atoms with Gasteiger partial charge in [0.15, 0.2) is 12.7 Å². The highest BCUT2D eigenvalue weighted by Gasteiger charge is 2.37. The molecule has 1 aromatic rings. The van der Waals surface area contributed by atoms with E-state index in [9.17, 15) is 8.78 Å². The van der Waals surface area contributed by atoms with Crippen molar-refractivity contribution in [3.63, 3.8) is 0 Å². The van der Waals surface area contributed by atoms with Crippen LogP contribution in [0.4, 0.5) is 8.78 Å². The van der Waals surface area contributed by atoms with Crippen molar-refractivity contribution < 1.29 is 13.5 Å². The third kappa shape index (κ3) is 3.07. The zero-order chi connectivity index (χ0) is 12.9. The van der Waals surface area contributed by atoms with Crippen LogP contribution in [0.2, 0.25) is 5.02 Å². The van der Waals surface area contributed by atoms with Gasteiger partial charge in [-0.3, -0.25) is 0 Å². The van der Waals surface area contributed by atoms with Gasteiger partial charge in [-0.25, -0.2) is 21.3 Å². The number of para-hydroxylation sites is 1. The van der Waals surface area contributed by atoms with Gasteiger partial charge in [0.25, 0.3) is 0 Å². The molecule has 2 radical (unpaired) electrons. The summed E-state index contributed by atoms with van der Waals surface area (Å²) in [6.07, 6.45) is 0.955. The molecular formula is C11H12BClF2OS. The molecule has 0 aliphatic carbocycles. The maximum atomic E-state index is 12.8. The molecule has 0 atom stereocenters. The highest BCUT2D eigenvalue weighted by molar-refractivity contribution is 8.03. The molecule has 0 unspecified atom stereocenters. The van der Waals surface area contributed by atoms with Gasteiger partial charge in [-0.15, -0.1) is 0 Å². The summed E-state index contributed by atoms with van der Waals surface area (Å²) < 4.78 is 30.9. The monoisotopic (exact) mass is 276 g/mol. The lowest BCUT2D eigenvalue weighted by molar-refractivity contribution is 0.000422. The van der Waals surface area contributed by atoms with Crippen molar-refractivity contribution in [2.75, 3.05) is 13.3 Å². The summed E-state index contributed by atoms with van der Waals surface area (Å²) in [6, 6.07) is 5.33. The molecule has 0 aromatic heterocycles. The fraction of sp³-hybridized carbons (Fsp3) is 0.455. The molecule has 0 amide bonds. The summed E-state index contributed by atoms with van der Waals surface area (Å²) in [6.45, 7) is -1.65. The third-order valence-corrected chi connectivity index (χ3v) is 3.00. The summed E-state index contributed by atoms with van der Waals surface area (Å²) in [5.41, 5.74) is -0.405. The van der Waals surface area contributed by atoms with Gasteiger partial charge >= 0.3 is 0 Å². The molecule has 0 saturated heterocycles. The van der Waals surface area contributed by atoms with E-state index < -0.39 is 19.0 Å². The summed E-state index contributed by atoms with van der Waals surface area (Å²) in [5.74, 6) is 0.431. The minimum Gasteiger partial charge on any atom is -0.480 e. The Kier molecular flexibility index (Phi) is 5.60. The molecule has 0 bridgehead atoms. The van der Waals surface area contributed by atoms with Gasteiger partial charge in [0.1, 0.15) is 19.1 Å². The lowest BCUT2D eigenvalue weighted by atomic mass is 9.93. The first-order valence-corrected chi connectivity index (χ1v) is 5.94. The van der Waals surface area contributed by atoms with E-state index in [0.717, 1.165) is 5.56 Å². The van der Waals surface area contributed by atoms with Crippen LogP contribution in [0.3, 0.4) is 0 Å². The summed E-state index contributed by atoms with van der Waals surface area (Å²) >= 11 is 8.94. The molecule has 0 N–H and O–H groups in total.